The highest BCUT2D eigenvalue weighted by Crippen LogP contribution is 2.48. The Morgan fingerprint density at radius 1 is 1.19 bits per heavy atom. The van der Waals surface area contributed by atoms with Gasteiger partial charge in [-0.3, -0.25) is 9.48 Å². The van der Waals surface area contributed by atoms with Gasteiger partial charge in [-0.05, 0) is 19.4 Å². The predicted molar refractivity (Wildman–Crippen MR) is 119 cm³/mol. The molecule has 0 saturated heterocycles. The highest BCUT2D eigenvalue weighted by Gasteiger charge is 2.42. The Balaban J connectivity index is 1.25. The smallest absolute Gasteiger partial charge is 0.290 e. The lowest BCUT2D eigenvalue weighted by atomic mass is 10.1. The number of para-hydroxylation sites is 1. The highest BCUT2D eigenvalue weighted by molar-refractivity contribution is 7.11. The number of anilines is 1. The second kappa shape index (κ2) is 7.77. The van der Waals surface area contributed by atoms with Crippen molar-refractivity contribution < 1.29 is 4.74 Å². The van der Waals surface area contributed by atoms with Crippen molar-refractivity contribution in [3.05, 3.63) is 56.4 Å². The van der Waals surface area contributed by atoms with Crippen LogP contribution in [0.1, 0.15) is 28.0 Å². The molecule has 160 valence electrons. The average Bonchev–Trinajstić information content (AvgIpc) is 3.29. The van der Waals surface area contributed by atoms with Crippen LogP contribution in [-0.2, 0) is 20.6 Å². The zero-order valence-corrected chi connectivity index (χ0v) is 18.4. The van der Waals surface area contributed by atoms with Gasteiger partial charge in [0.1, 0.15) is 15.7 Å². The van der Waals surface area contributed by atoms with E-state index in [9.17, 15) is 4.79 Å². The lowest BCUT2D eigenvalue weighted by molar-refractivity contribution is 0.278. The molecule has 4 aromatic rings. The van der Waals surface area contributed by atoms with Crippen molar-refractivity contribution >= 4 is 27.9 Å². The van der Waals surface area contributed by atoms with Gasteiger partial charge < -0.3 is 10.1 Å². The minimum absolute atomic E-state index is 0.210. The Morgan fingerprint density at radius 2 is 2.03 bits per heavy atom. The standard InChI is InChI=1S/C21H23N7O2S/c1-12-23-24-19(31-12)10-22-16-9-18(25-28(3)21(16)29)30-11-13-8-15(13)20-14-6-4-5-7-17(14)27(2)26-20/h4-7,9,13,15,22H,8,10-11H2,1-3H3/t13?,15-/m1/s1. The molecule has 3 heterocycles. The average molecular weight is 438 g/mol. The molecule has 0 bridgehead atoms. The van der Waals surface area contributed by atoms with Gasteiger partial charge in [0, 0.05) is 37.4 Å². The number of hydrogen-bond donors (Lipinski definition) is 1. The van der Waals surface area contributed by atoms with Crippen LogP contribution in [-0.4, -0.2) is 36.4 Å². The molecule has 1 N–H and O–H groups in total. The highest BCUT2D eigenvalue weighted by atomic mass is 32.1. The SMILES string of the molecule is Cc1nnc(CNc2cc(OCC3C[C@H]3c3nn(C)c4ccccc34)nn(C)c2=O)s1. The van der Waals surface area contributed by atoms with E-state index in [-0.39, 0.29) is 5.56 Å². The Bertz CT molecular complexity index is 1310. The summed E-state index contributed by atoms with van der Waals surface area (Å²) in [5.41, 5.74) is 2.50. The molecule has 1 aromatic carbocycles. The van der Waals surface area contributed by atoms with Crippen molar-refractivity contribution in [2.75, 3.05) is 11.9 Å². The fourth-order valence-corrected chi connectivity index (χ4v) is 4.48. The molecule has 10 heteroatoms. The van der Waals surface area contributed by atoms with Crippen LogP contribution in [0.3, 0.4) is 0 Å². The molecule has 1 unspecified atom stereocenters. The monoisotopic (exact) mass is 437 g/mol. The number of nitrogens with one attached hydrogen (secondary N) is 1. The molecule has 0 radical (unpaired) electrons. The summed E-state index contributed by atoms with van der Waals surface area (Å²) in [5, 5.41) is 23.1. The Labute approximate surface area is 182 Å². The third kappa shape index (κ3) is 3.90. The first-order valence-electron chi connectivity index (χ1n) is 10.1. The van der Waals surface area contributed by atoms with Crippen molar-refractivity contribution in [3.8, 4) is 5.88 Å². The lowest BCUT2D eigenvalue weighted by Crippen LogP contribution is -2.24. The van der Waals surface area contributed by atoms with E-state index in [1.54, 1.807) is 13.1 Å². The molecular weight excluding hydrogens is 414 g/mol. The van der Waals surface area contributed by atoms with Gasteiger partial charge >= 0.3 is 0 Å². The molecule has 1 aliphatic carbocycles. The second-order valence-corrected chi connectivity index (χ2v) is 9.10. The van der Waals surface area contributed by atoms with Crippen LogP contribution in [0.5, 0.6) is 5.88 Å². The molecular formula is C21H23N7O2S. The van der Waals surface area contributed by atoms with Gasteiger partial charge in [0.05, 0.1) is 24.4 Å². The van der Waals surface area contributed by atoms with E-state index in [0.29, 0.717) is 36.6 Å². The number of aryl methyl sites for hydroxylation is 3. The van der Waals surface area contributed by atoms with Gasteiger partial charge in [-0.25, -0.2) is 4.68 Å². The third-order valence-electron chi connectivity index (χ3n) is 5.54. The maximum Gasteiger partial charge on any atom is 0.290 e. The molecule has 5 rings (SSSR count). The summed E-state index contributed by atoms with van der Waals surface area (Å²) in [4.78, 5) is 12.4. The zero-order chi connectivity index (χ0) is 21.5. The van der Waals surface area contributed by atoms with Gasteiger partial charge in [-0.15, -0.1) is 15.3 Å². The van der Waals surface area contributed by atoms with Gasteiger partial charge in [0.2, 0.25) is 5.88 Å². The Hall–Kier alpha value is -3.27. The summed E-state index contributed by atoms with van der Waals surface area (Å²) in [6.45, 7) is 2.87. The minimum Gasteiger partial charge on any atom is -0.476 e. The zero-order valence-electron chi connectivity index (χ0n) is 17.6. The van der Waals surface area contributed by atoms with Crippen molar-refractivity contribution in [1.82, 2.24) is 29.8 Å². The van der Waals surface area contributed by atoms with Gasteiger partial charge in [-0.1, -0.05) is 29.5 Å². The largest absolute Gasteiger partial charge is 0.476 e. The topological polar surface area (TPSA) is 99.8 Å². The van der Waals surface area contributed by atoms with Crippen LogP contribution in [0.15, 0.2) is 35.1 Å². The fraction of sp³-hybridized carbons (Fsp3) is 0.381. The van der Waals surface area contributed by atoms with E-state index in [1.165, 1.54) is 21.4 Å². The summed E-state index contributed by atoms with van der Waals surface area (Å²) in [6, 6.07) is 9.95. The van der Waals surface area contributed by atoms with E-state index in [1.807, 2.05) is 30.8 Å². The molecule has 3 aromatic heterocycles. The van der Waals surface area contributed by atoms with Crippen molar-refractivity contribution in [1.29, 1.82) is 0 Å². The molecule has 1 fully saturated rings. The van der Waals surface area contributed by atoms with Crippen LogP contribution in [0.25, 0.3) is 10.9 Å². The van der Waals surface area contributed by atoms with Crippen molar-refractivity contribution in [3.63, 3.8) is 0 Å². The Morgan fingerprint density at radius 3 is 2.84 bits per heavy atom. The van der Waals surface area contributed by atoms with Crippen LogP contribution in [0.4, 0.5) is 5.69 Å². The minimum atomic E-state index is -0.210. The molecule has 1 saturated carbocycles. The third-order valence-corrected chi connectivity index (χ3v) is 6.38. The van der Waals surface area contributed by atoms with E-state index < -0.39 is 0 Å². The summed E-state index contributed by atoms with van der Waals surface area (Å²) >= 11 is 1.50. The van der Waals surface area contributed by atoms with Crippen LogP contribution >= 0.6 is 11.3 Å². The maximum absolute atomic E-state index is 12.4. The molecule has 2 atom stereocenters. The first-order chi connectivity index (χ1) is 15.0. The predicted octanol–water partition coefficient (Wildman–Crippen LogP) is 2.62. The Kier molecular flexibility index (Phi) is 4.93. The lowest BCUT2D eigenvalue weighted by Gasteiger charge is -2.10. The molecule has 9 nitrogen and oxygen atoms in total. The normalized spacial score (nSPS) is 17.8. The second-order valence-electron chi connectivity index (χ2n) is 7.83. The van der Waals surface area contributed by atoms with Gasteiger partial charge in [0.25, 0.3) is 5.56 Å². The molecule has 0 spiro atoms. The molecule has 31 heavy (non-hydrogen) atoms. The van der Waals surface area contributed by atoms with Gasteiger partial charge in [0.15, 0.2) is 0 Å². The number of rotatable bonds is 7. The van der Waals surface area contributed by atoms with Crippen LogP contribution in [0, 0.1) is 12.8 Å². The summed E-state index contributed by atoms with van der Waals surface area (Å²) in [5.74, 6) is 1.20. The summed E-state index contributed by atoms with van der Waals surface area (Å²) in [7, 11) is 3.60. The number of ether oxygens (including phenoxy) is 1. The summed E-state index contributed by atoms with van der Waals surface area (Å²) in [6.07, 6.45) is 1.04. The molecule has 1 aliphatic rings. The van der Waals surface area contributed by atoms with E-state index >= 15 is 0 Å². The van der Waals surface area contributed by atoms with Crippen molar-refractivity contribution in [2.45, 2.75) is 25.8 Å². The van der Waals surface area contributed by atoms with Crippen LogP contribution < -0.4 is 15.6 Å². The maximum atomic E-state index is 12.4. The quantitative estimate of drug-likeness (QED) is 0.474. The first kappa shape index (κ1) is 19.7. The van der Waals surface area contributed by atoms with E-state index in [2.05, 4.69) is 32.7 Å². The molecule has 0 amide bonds. The van der Waals surface area contributed by atoms with Gasteiger partial charge in [-0.2, -0.15) is 5.10 Å². The number of hydrogen-bond acceptors (Lipinski definition) is 8. The van der Waals surface area contributed by atoms with E-state index in [4.69, 9.17) is 9.84 Å². The first-order valence-corrected chi connectivity index (χ1v) is 11.0. The summed E-state index contributed by atoms with van der Waals surface area (Å²) < 4.78 is 9.19. The van der Waals surface area contributed by atoms with Crippen LogP contribution in [0.2, 0.25) is 0 Å². The fourth-order valence-electron chi connectivity index (χ4n) is 3.83. The number of fused-ring (bicyclic) bond motifs is 1. The number of benzene rings is 1. The molecule has 0 aliphatic heterocycles. The van der Waals surface area contributed by atoms with E-state index in [0.717, 1.165) is 27.6 Å². The number of aromatic nitrogens is 6. The van der Waals surface area contributed by atoms with Crippen molar-refractivity contribution in [2.24, 2.45) is 20.0 Å². The number of nitrogens with zero attached hydrogens (tertiary/aromatic N) is 6.